The third-order valence-corrected chi connectivity index (χ3v) is 13.1. The first kappa shape index (κ1) is 28.5. The summed E-state index contributed by atoms with van der Waals surface area (Å²) < 4.78 is 11.5. The van der Waals surface area contributed by atoms with E-state index in [9.17, 15) is 0 Å². The summed E-state index contributed by atoms with van der Waals surface area (Å²) in [6.07, 6.45) is 0. The van der Waals surface area contributed by atoms with E-state index in [1.54, 1.807) is 0 Å². The second-order valence-corrected chi connectivity index (χ2v) is 15.8. The molecule has 2 nitrogen and oxygen atoms in total. The van der Waals surface area contributed by atoms with Crippen LogP contribution in [0.1, 0.15) is 0 Å². The van der Waals surface area contributed by atoms with Crippen LogP contribution in [0.5, 0.6) is 0 Å². The van der Waals surface area contributed by atoms with Crippen molar-refractivity contribution in [2.75, 3.05) is 4.90 Å². The van der Waals surface area contributed by atoms with Crippen LogP contribution in [0.25, 0.3) is 94.6 Å². The summed E-state index contributed by atoms with van der Waals surface area (Å²) in [6.45, 7) is 0. The maximum absolute atomic E-state index is 6.27. The molecule has 0 radical (unpaired) electrons. The molecule has 3 aromatic heterocycles. The number of rotatable bonds is 3. The van der Waals surface area contributed by atoms with Gasteiger partial charge in [-0.15, -0.1) is 22.7 Å². The highest BCUT2D eigenvalue weighted by Crippen LogP contribution is 2.46. The van der Waals surface area contributed by atoms with Gasteiger partial charge in [0.25, 0.3) is 0 Å². The molecule has 12 rings (SSSR count). The molecule has 0 bridgehead atoms. The molecule has 12 aromatic rings. The monoisotopic (exact) mass is 697 g/mol. The van der Waals surface area contributed by atoms with Crippen molar-refractivity contribution in [2.45, 2.75) is 0 Å². The van der Waals surface area contributed by atoms with E-state index in [2.05, 4.69) is 157 Å². The Morgan fingerprint density at radius 2 is 0.750 bits per heavy atom. The zero-order valence-electron chi connectivity index (χ0n) is 27.8. The summed E-state index contributed by atoms with van der Waals surface area (Å²) in [5.41, 5.74) is 5.14. The molecule has 0 aliphatic heterocycles. The lowest BCUT2D eigenvalue weighted by Crippen LogP contribution is -2.09. The maximum Gasteiger partial charge on any atom is 0.135 e. The molecule has 52 heavy (non-hydrogen) atoms. The Labute approximate surface area is 306 Å². The molecule has 0 N–H and O–H groups in total. The van der Waals surface area contributed by atoms with Crippen molar-refractivity contribution in [2.24, 2.45) is 0 Å². The van der Waals surface area contributed by atoms with Gasteiger partial charge in [0, 0.05) is 68.2 Å². The number of benzene rings is 9. The van der Waals surface area contributed by atoms with Gasteiger partial charge < -0.3 is 9.32 Å². The van der Waals surface area contributed by atoms with Gasteiger partial charge in [-0.1, -0.05) is 84.9 Å². The molecule has 0 unspecified atom stereocenters. The smallest absolute Gasteiger partial charge is 0.135 e. The highest BCUT2D eigenvalue weighted by Gasteiger charge is 2.19. The van der Waals surface area contributed by atoms with E-state index in [-0.39, 0.29) is 0 Å². The minimum absolute atomic E-state index is 0.896. The number of hydrogen-bond acceptors (Lipinski definition) is 4. The molecule has 242 valence electrons. The molecule has 0 amide bonds. The van der Waals surface area contributed by atoms with Crippen LogP contribution >= 0.6 is 22.7 Å². The lowest BCUT2D eigenvalue weighted by molar-refractivity contribution is 0.669. The Bertz CT molecular complexity index is 3320. The second kappa shape index (κ2) is 10.7. The van der Waals surface area contributed by atoms with Crippen molar-refractivity contribution in [3.8, 4) is 0 Å². The van der Waals surface area contributed by atoms with E-state index in [0.29, 0.717) is 0 Å². The van der Waals surface area contributed by atoms with E-state index in [1.165, 1.54) is 72.7 Å². The second-order valence-electron chi connectivity index (χ2n) is 13.7. The van der Waals surface area contributed by atoms with E-state index >= 15 is 0 Å². The predicted octanol–water partition coefficient (Wildman–Crippen LogP) is 15.3. The van der Waals surface area contributed by atoms with Crippen LogP contribution in [0.15, 0.2) is 168 Å². The van der Waals surface area contributed by atoms with Gasteiger partial charge in [-0.05, 0) is 111 Å². The molecule has 0 atom stereocenters. The van der Waals surface area contributed by atoms with E-state index in [0.717, 1.165) is 39.0 Å². The minimum atomic E-state index is 0.896. The van der Waals surface area contributed by atoms with Crippen molar-refractivity contribution in [1.82, 2.24) is 0 Å². The average Bonchev–Trinajstić information content (AvgIpc) is 3.88. The third-order valence-electron chi connectivity index (χ3n) is 10.8. The highest BCUT2D eigenvalue weighted by atomic mass is 32.1. The van der Waals surface area contributed by atoms with Crippen LogP contribution in [0.4, 0.5) is 17.1 Å². The van der Waals surface area contributed by atoms with Crippen molar-refractivity contribution in [3.63, 3.8) is 0 Å². The van der Waals surface area contributed by atoms with Crippen LogP contribution < -0.4 is 4.90 Å². The van der Waals surface area contributed by atoms with Crippen molar-refractivity contribution < 1.29 is 4.42 Å². The average molecular weight is 698 g/mol. The fraction of sp³-hybridized carbons (Fsp3) is 0. The first-order valence-corrected chi connectivity index (χ1v) is 19.2. The summed E-state index contributed by atoms with van der Waals surface area (Å²) in [5, 5.41) is 15.1. The Balaban J connectivity index is 1.15. The van der Waals surface area contributed by atoms with E-state index in [4.69, 9.17) is 4.42 Å². The van der Waals surface area contributed by atoms with Crippen LogP contribution in [-0.2, 0) is 0 Å². The van der Waals surface area contributed by atoms with Gasteiger partial charge in [-0.3, -0.25) is 0 Å². The lowest BCUT2D eigenvalue weighted by atomic mass is 9.93. The largest absolute Gasteiger partial charge is 0.456 e. The van der Waals surface area contributed by atoms with Crippen molar-refractivity contribution in [1.29, 1.82) is 0 Å². The van der Waals surface area contributed by atoms with Gasteiger partial charge in [0.15, 0.2) is 0 Å². The fourth-order valence-electron chi connectivity index (χ4n) is 8.45. The number of anilines is 3. The van der Waals surface area contributed by atoms with Crippen molar-refractivity contribution in [3.05, 3.63) is 164 Å². The number of nitrogens with zero attached hydrogens (tertiary/aromatic N) is 1. The van der Waals surface area contributed by atoms with Crippen LogP contribution in [0.3, 0.4) is 0 Å². The highest BCUT2D eigenvalue weighted by molar-refractivity contribution is 7.26. The molecule has 4 heteroatoms. The molecular weight excluding hydrogens is 671 g/mol. The third kappa shape index (κ3) is 4.05. The molecule has 9 aromatic carbocycles. The molecule has 0 aliphatic rings. The maximum atomic E-state index is 6.27. The summed E-state index contributed by atoms with van der Waals surface area (Å²) in [6, 6.07) is 60.2. The Kier molecular flexibility index (Phi) is 5.84. The van der Waals surface area contributed by atoms with Crippen LogP contribution in [-0.4, -0.2) is 0 Å². The standard InChI is InChI=1S/C48H27NOS2/c1-2-10-32-31(9-1)37-23-28(17-20-33(37)39-27-48-42(26-38(32)39)36-13-5-8-16-46(36)52-48)49(29-18-21-44-40(24-29)34-11-3-6-14-43(34)50-44)30-19-22-47-41(25-30)35-12-4-7-15-45(35)51-47/h1-27H. The number of para-hydroxylation sites is 1. The minimum Gasteiger partial charge on any atom is -0.456 e. The summed E-state index contributed by atoms with van der Waals surface area (Å²) in [5.74, 6) is 0. The first-order valence-electron chi connectivity index (χ1n) is 17.6. The zero-order chi connectivity index (χ0) is 33.9. The van der Waals surface area contributed by atoms with Gasteiger partial charge in [0.2, 0.25) is 0 Å². The number of hydrogen-bond donors (Lipinski definition) is 0. The molecule has 0 saturated carbocycles. The predicted molar refractivity (Wildman–Crippen MR) is 227 cm³/mol. The zero-order valence-corrected chi connectivity index (χ0v) is 29.4. The summed E-state index contributed by atoms with van der Waals surface area (Å²) in [7, 11) is 0. The normalized spacial score (nSPS) is 12.2. The Morgan fingerprint density at radius 3 is 1.50 bits per heavy atom. The summed E-state index contributed by atoms with van der Waals surface area (Å²) in [4.78, 5) is 2.42. The van der Waals surface area contributed by atoms with Gasteiger partial charge in [-0.2, -0.15) is 0 Å². The summed E-state index contributed by atoms with van der Waals surface area (Å²) >= 11 is 3.74. The van der Waals surface area contributed by atoms with Gasteiger partial charge in [0.1, 0.15) is 11.2 Å². The topological polar surface area (TPSA) is 16.4 Å². The quantitative estimate of drug-likeness (QED) is 0.171. The number of furan rings is 1. The molecule has 0 spiro atoms. The Hall–Kier alpha value is -6.20. The molecule has 0 aliphatic carbocycles. The molecular formula is C48H27NOS2. The van der Waals surface area contributed by atoms with Gasteiger partial charge in [0.05, 0.1) is 0 Å². The van der Waals surface area contributed by atoms with Crippen molar-refractivity contribution >= 4 is 134 Å². The Morgan fingerprint density at radius 1 is 0.288 bits per heavy atom. The number of fused-ring (bicyclic) bond motifs is 15. The van der Waals surface area contributed by atoms with Gasteiger partial charge in [-0.25, -0.2) is 0 Å². The fourth-order valence-corrected chi connectivity index (χ4v) is 10.7. The molecule has 3 heterocycles. The first-order chi connectivity index (χ1) is 25.7. The molecule has 0 saturated heterocycles. The molecule has 0 fully saturated rings. The lowest BCUT2D eigenvalue weighted by Gasteiger charge is -2.26. The van der Waals surface area contributed by atoms with Crippen LogP contribution in [0, 0.1) is 0 Å². The van der Waals surface area contributed by atoms with E-state index < -0.39 is 0 Å². The number of thiophene rings is 2. The van der Waals surface area contributed by atoms with E-state index in [1.807, 2.05) is 34.8 Å². The van der Waals surface area contributed by atoms with Gasteiger partial charge >= 0.3 is 0 Å². The van der Waals surface area contributed by atoms with Crippen LogP contribution in [0.2, 0.25) is 0 Å². The SMILES string of the molecule is c1ccc2c(c1)oc1ccc(N(c3ccc4sc5ccccc5c4c3)c3ccc4c(c3)c3ccccc3c3cc5c(cc43)sc3ccccc35)cc12.